The Morgan fingerprint density at radius 2 is 1.53 bits per heavy atom. The highest BCUT2D eigenvalue weighted by molar-refractivity contribution is 5.55. The third-order valence-electron chi connectivity index (χ3n) is 8.02. The van der Waals surface area contributed by atoms with Gasteiger partial charge >= 0.3 is 0 Å². The second-order valence-electron chi connectivity index (χ2n) is 9.32. The fraction of sp³-hybridized carbons (Fsp3) is 0.556. The zero-order valence-corrected chi connectivity index (χ0v) is 21.3. The Balaban J connectivity index is 0.00000256. The molecule has 1 fully saturated rings. The third-order valence-corrected chi connectivity index (χ3v) is 8.02. The normalized spacial score (nSPS) is 20.4. The summed E-state index contributed by atoms with van der Waals surface area (Å²) in [5.41, 5.74) is 5.98. The number of halogens is 1. The van der Waals surface area contributed by atoms with Gasteiger partial charge < -0.3 is 33.4 Å². The average Bonchev–Trinajstić information content (AvgIpc) is 3.19. The molecule has 1 heterocycles. The van der Waals surface area contributed by atoms with Crippen LogP contribution in [0.2, 0.25) is 0 Å². The molecule has 2 aliphatic rings. The number of aryl methyl sites for hydroxylation is 1. The summed E-state index contributed by atoms with van der Waals surface area (Å²) >= 11 is 0. The topological polar surface area (TPSA) is 3.24 Å². The molecule has 4 rings (SSSR count). The maximum absolute atomic E-state index is 2.77. The number of quaternary nitrogens is 1. The first kappa shape index (κ1) is 23.6. The van der Waals surface area contributed by atoms with Crippen molar-refractivity contribution in [2.24, 2.45) is 0 Å². The number of fused-ring (bicyclic) bond motifs is 1. The minimum atomic E-state index is 0. The van der Waals surface area contributed by atoms with Crippen LogP contribution in [-0.2, 0) is 12.8 Å². The van der Waals surface area contributed by atoms with Gasteiger partial charge in [0.2, 0.25) is 0 Å². The summed E-state index contributed by atoms with van der Waals surface area (Å²) in [6, 6.07) is 19.5. The molecule has 1 saturated heterocycles. The molecule has 1 unspecified atom stereocenters. The van der Waals surface area contributed by atoms with Crippen molar-refractivity contribution in [3.8, 4) is 0 Å². The summed E-state index contributed by atoms with van der Waals surface area (Å²) in [7, 11) is 0. The first-order valence-corrected chi connectivity index (χ1v) is 11.9. The number of rotatable bonds is 7. The van der Waals surface area contributed by atoms with Crippen LogP contribution < -0.4 is 28.9 Å². The van der Waals surface area contributed by atoms with Crippen molar-refractivity contribution in [3.63, 3.8) is 0 Å². The van der Waals surface area contributed by atoms with E-state index in [0.29, 0.717) is 6.04 Å². The van der Waals surface area contributed by atoms with Crippen molar-refractivity contribution in [3.05, 3.63) is 65.2 Å². The van der Waals surface area contributed by atoms with Crippen LogP contribution in [0.15, 0.2) is 48.5 Å². The fourth-order valence-electron chi connectivity index (χ4n) is 6.17. The van der Waals surface area contributed by atoms with E-state index in [4.69, 9.17) is 0 Å². The minimum Gasteiger partial charge on any atom is -1.00 e. The number of hydrogen-bond acceptors (Lipinski definition) is 1. The molecule has 2 aromatic carbocycles. The molecule has 0 spiro atoms. The zero-order valence-electron chi connectivity index (χ0n) is 19.1. The van der Waals surface area contributed by atoms with Crippen molar-refractivity contribution in [1.29, 1.82) is 0 Å². The second kappa shape index (κ2) is 10.5. The number of likely N-dealkylation sites (tertiary alicyclic amines) is 1. The maximum atomic E-state index is 2.77. The van der Waals surface area contributed by atoms with E-state index < -0.39 is 0 Å². The Hall–Kier alpha value is -1.07. The van der Waals surface area contributed by atoms with Gasteiger partial charge in [-0.3, -0.25) is 0 Å². The zero-order chi connectivity index (χ0) is 20.3. The molecule has 0 aromatic heterocycles. The first-order valence-electron chi connectivity index (χ1n) is 11.9. The van der Waals surface area contributed by atoms with Crippen LogP contribution in [0.25, 0.3) is 0 Å². The summed E-state index contributed by atoms with van der Waals surface area (Å²) < 4.78 is 1.34. The lowest BCUT2D eigenvalue weighted by molar-refractivity contribution is -0.953. The Kier molecular flexibility index (Phi) is 8.25. The molecule has 30 heavy (non-hydrogen) atoms. The highest BCUT2D eigenvalue weighted by Gasteiger charge is 2.37. The minimum absolute atomic E-state index is 0. The SMILES string of the molecule is CC[N+]1(CC)CCCCC1CCN(c1ccccc1C)C1Cc2ccccc2C1.[I-]. The van der Waals surface area contributed by atoms with E-state index in [9.17, 15) is 0 Å². The molecule has 0 radical (unpaired) electrons. The summed E-state index contributed by atoms with van der Waals surface area (Å²) in [6.45, 7) is 12.3. The standard InChI is InChI=1S/C27H39N2.HI/c1-4-29(5-2)19-11-10-15-26(29)17-18-28(27-16-9-6-12-22(27)3)25-20-23-13-7-8-14-24(23)21-25;/h6-9,12-14,16,25-26H,4-5,10-11,15,17-21H2,1-3H3;1H/q+1;/p-1. The number of anilines is 1. The lowest BCUT2D eigenvalue weighted by atomic mass is 9.94. The van der Waals surface area contributed by atoms with E-state index >= 15 is 0 Å². The quantitative estimate of drug-likeness (QED) is 0.403. The van der Waals surface area contributed by atoms with Gasteiger partial charge in [0.25, 0.3) is 0 Å². The molecule has 2 nitrogen and oxygen atoms in total. The van der Waals surface area contributed by atoms with Crippen molar-refractivity contribution in [2.45, 2.75) is 71.4 Å². The van der Waals surface area contributed by atoms with Gasteiger partial charge in [0.1, 0.15) is 0 Å². The summed E-state index contributed by atoms with van der Waals surface area (Å²) in [6.07, 6.45) is 7.95. The van der Waals surface area contributed by atoms with Crippen molar-refractivity contribution in [1.82, 2.24) is 0 Å². The lowest BCUT2D eigenvalue weighted by Gasteiger charge is -2.47. The van der Waals surface area contributed by atoms with Crippen LogP contribution in [0, 0.1) is 6.92 Å². The van der Waals surface area contributed by atoms with Gasteiger partial charge in [0.05, 0.1) is 25.7 Å². The third kappa shape index (κ3) is 4.72. The summed E-state index contributed by atoms with van der Waals surface area (Å²) in [5, 5.41) is 0. The van der Waals surface area contributed by atoms with Crippen molar-refractivity contribution >= 4 is 5.69 Å². The van der Waals surface area contributed by atoms with Crippen molar-refractivity contribution < 1.29 is 28.5 Å². The number of nitrogens with zero attached hydrogens (tertiary/aromatic N) is 2. The number of piperidine rings is 1. The highest BCUT2D eigenvalue weighted by atomic mass is 127. The van der Waals surface area contributed by atoms with E-state index in [1.54, 1.807) is 11.1 Å². The molecule has 3 heteroatoms. The second-order valence-corrected chi connectivity index (χ2v) is 9.32. The van der Waals surface area contributed by atoms with E-state index in [2.05, 4.69) is 74.2 Å². The van der Waals surface area contributed by atoms with Crippen LogP contribution in [0.4, 0.5) is 5.69 Å². The largest absolute Gasteiger partial charge is 1.00 e. The van der Waals surface area contributed by atoms with E-state index in [-0.39, 0.29) is 24.0 Å². The predicted octanol–water partition coefficient (Wildman–Crippen LogP) is 2.77. The number of benzene rings is 2. The molecule has 0 bridgehead atoms. The van der Waals surface area contributed by atoms with Crippen LogP contribution in [0.3, 0.4) is 0 Å². The van der Waals surface area contributed by atoms with E-state index in [1.807, 2.05) is 0 Å². The van der Waals surface area contributed by atoms with Gasteiger partial charge in [-0.05, 0) is 75.6 Å². The molecule has 1 aliphatic heterocycles. The van der Waals surface area contributed by atoms with Gasteiger partial charge in [-0.25, -0.2) is 0 Å². The summed E-state index contributed by atoms with van der Waals surface area (Å²) in [5.74, 6) is 0. The number of para-hydroxylation sites is 1. The van der Waals surface area contributed by atoms with Crippen LogP contribution in [-0.4, -0.2) is 42.7 Å². The molecule has 0 saturated carbocycles. The van der Waals surface area contributed by atoms with Gasteiger partial charge in [0.15, 0.2) is 0 Å². The molecule has 1 aliphatic carbocycles. The first-order chi connectivity index (χ1) is 14.2. The smallest absolute Gasteiger partial charge is 0.0907 e. The van der Waals surface area contributed by atoms with Gasteiger partial charge in [0, 0.05) is 24.7 Å². The van der Waals surface area contributed by atoms with Crippen LogP contribution in [0.5, 0.6) is 0 Å². The number of hydrogen-bond donors (Lipinski definition) is 0. The molecule has 1 atom stereocenters. The summed E-state index contributed by atoms with van der Waals surface area (Å²) in [4.78, 5) is 2.77. The Morgan fingerprint density at radius 3 is 2.17 bits per heavy atom. The van der Waals surface area contributed by atoms with Gasteiger partial charge in [-0.2, -0.15) is 0 Å². The Bertz CT molecular complexity index is 789. The van der Waals surface area contributed by atoms with Crippen LogP contribution >= 0.6 is 0 Å². The van der Waals surface area contributed by atoms with E-state index in [0.717, 1.165) is 6.04 Å². The maximum Gasteiger partial charge on any atom is 0.0907 e. The Morgan fingerprint density at radius 1 is 0.900 bits per heavy atom. The fourth-order valence-corrected chi connectivity index (χ4v) is 6.17. The molecular weight excluding hydrogens is 479 g/mol. The Labute approximate surface area is 201 Å². The molecule has 0 N–H and O–H groups in total. The van der Waals surface area contributed by atoms with Gasteiger partial charge in [-0.15, -0.1) is 0 Å². The van der Waals surface area contributed by atoms with Crippen LogP contribution in [0.1, 0.15) is 56.2 Å². The average molecular weight is 519 g/mol. The lowest BCUT2D eigenvalue weighted by Crippen LogP contribution is -3.00. The molecule has 164 valence electrons. The van der Waals surface area contributed by atoms with Gasteiger partial charge in [-0.1, -0.05) is 42.5 Å². The molecular formula is C27H39IN2. The van der Waals surface area contributed by atoms with Crippen molar-refractivity contribution in [2.75, 3.05) is 31.1 Å². The highest BCUT2D eigenvalue weighted by Crippen LogP contribution is 2.33. The predicted molar refractivity (Wildman–Crippen MR) is 125 cm³/mol. The monoisotopic (exact) mass is 518 g/mol. The molecule has 2 aromatic rings. The van der Waals surface area contributed by atoms with E-state index in [1.165, 1.54) is 80.4 Å². The molecule has 0 amide bonds.